The van der Waals surface area contributed by atoms with Crippen molar-refractivity contribution in [1.29, 1.82) is 5.26 Å². The number of aliphatic hydroxyl groups is 1. The molecule has 21 heavy (non-hydrogen) atoms. The number of hydrogen-bond acceptors (Lipinski definition) is 5. The normalized spacial score (nSPS) is 16.3. The summed E-state index contributed by atoms with van der Waals surface area (Å²) in [6, 6.07) is 5.40. The van der Waals surface area contributed by atoms with Crippen LogP contribution in [-0.2, 0) is 9.53 Å². The number of hydrogen-bond donors (Lipinski definition) is 2. The molecule has 0 saturated heterocycles. The standard InChI is InChI=1S/C14H16ClN3O3/c1-21-6-5-18(4-2-3-16)12-8-11-9(7-10(12)15)13(19)14(20)17-11/h7-8,13,19H,2,4-6H2,1H3,(H,17,20). The van der Waals surface area contributed by atoms with Crippen molar-refractivity contribution < 1.29 is 14.6 Å². The monoisotopic (exact) mass is 309 g/mol. The Balaban J connectivity index is 2.31. The Kier molecular flexibility index (Phi) is 5.02. The summed E-state index contributed by atoms with van der Waals surface area (Å²) >= 11 is 6.26. The molecule has 1 aromatic rings. The fourth-order valence-corrected chi connectivity index (χ4v) is 2.53. The molecule has 0 saturated carbocycles. The van der Waals surface area contributed by atoms with Gasteiger partial charge in [-0.2, -0.15) is 5.26 Å². The molecule has 1 unspecified atom stereocenters. The first kappa shape index (κ1) is 15.6. The molecule has 0 radical (unpaired) electrons. The number of ether oxygens (including phenoxy) is 1. The zero-order chi connectivity index (χ0) is 15.4. The lowest BCUT2D eigenvalue weighted by atomic mass is 10.1. The SMILES string of the molecule is COCCN(CCC#N)c1cc2c(cc1Cl)C(O)C(=O)N2. The molecule has 7 heteroatoms. The van der Waals surface area contributed by atoms with E-state index in [0.717, 1.165) is 0 Å². The number of fused-ring (bicyclic) bond motifs is 1. The molecule has 1 amide bonds. The largest absolute Gasteiger partial charge is 0.383 e. The van der Waals surface area contributed by atoms with Crippen molar-refractivity contribution >= 4 is 28.9 Å². The van der Waals surface area contributed by atoms with Gasteiger partial charge in [0.2, 0.25) is 0 Å². The third-order valence-corrected chi connectivity index (χ3v) is 3.62. The van der Waals surface area contributed by atoms with Crippen LogP contribution in [0.2, 0.25) is 5.02 Å². The summed E-state index contributed by atoms with van der Waals surface area (Å²) in [6.07, 6.45) is -0.829. The highest BCUT2D eigenvalue weighted by Crippen LogP contribution is 2.38. The highest BCUT2D eigenvalue weighted by atomic mass is 35.5. The minimum atomic E-state index is -1.18. The summed E-state index contributed by atoms with van der Waals surface area (Å²) in [5.74, 6) is -0.460. The minimum Gasteiger partial charge on any atom is -0.383 e. The minimum absolute atomic E-state index is 0.353. The molecule has 1 aromatic carbocycles. The molecule has 1 aliphatic heterocycles. The zero-order valence-electron chi connectivity index (χ0n) is 11.6. The van der Waals surface area contributed by atoms with Crippen molar-refractivity contribution in [1.82, 2.24) is 0 Å². The summed E-state index contributed by atoms with van der Waals surface area (Å²) in [7, 11) is 1.60. The first-order valence-corrected chi connectivity index (χ1v) is 6.89. The number of halogens is 1. The van der Waals surface area contributed by atoms with Gasteiger partial charge in [0, 0.05) is 31.5 Å². The van der Waals surface area contributed by atoms with E-state index in [1.807, 2.05) is 4.90 Å². The molecule has 2 rings (SSSR count). The quantitative estimate of drug-likeness (QED) is 0.835. The first-order chi connectivity index (χ1) is 10.1. The molecular weight excluding hydrogens is 294 g/mol. The number of carbonyl (C=O) groups excluding carboxylic acids is 1. The van der Waals surface area contributed by atoms with Gasteiger partial charge in [-0.3, -0.25) is 4.79 Å². The Bertz CT molecular complexity index is 586. The molecular formula is C14H16ClN3O3. The predicted molar refractivity (Wildman–Crippen MR) is 79.4 cm³/mol. The highest BCUT2D eigenvalue weighted by Gasteiger charge is 2.30. The van der Waals surface area contributed by atoms with Crippen LogP contribution in [0.3, 0.4) is 0 Å². The summed E-state index contributed by atoms with van der Waals surface area (Å²) in [5, 5.41) is 21.5. The lowest BCUT2D eigenvalue weighted by Gasteiger charge is -2.25. The number of aliphatic hydroxyl groups excluding tert-OH is 1. The van der Waals surface area contributed by atoms with Crippen molar-refractivity contribution in [2.75, 3.05) is 37.0 Å². The maximum atomic E-state index is 11.5. The number of nitrogens with one attached hydrogen (secondary N) is 1. The van der Waals surface area contributed by atoms with E-state index < -0.39 is 12.0 Å². The van der Waals surface area contributed by atoms with Gasteiger partial charge in [0.1, 0.15) is 0 Å². The van der Waals surface area contributed by atoms with Gasteiger partial charge in [-0.15, -0.1) is 0 Å². The topological polar surface area (TPSA) is 85.6 Å². The Morgan fingerprint density at radius 3 is 2.95 bits per heavy atom. The average Bonchev–Trinajstić information content (AvgIpc) is 2.74. The van der Waals surface area contributed by atoms with Gasteiger partial charge in [0.05, 0.1) is 29.8 Å². The van der Waals surface area contributed by atoms with Gasteiger partial charge < -0.3 is 20.1 Å². The van der Waals surface area contributed by atoms with Crippen molar-refractivity contribution in [2.45, 2.75) is 12.5 Å². The van der Waals surface area contributed by atoms with Crippen LogP contribution >= 0.6 is 11.6 Å². The Morgan fingerprint density at radius 1 is 1.52 bits per heavy atom. The van der Waals surface area contributed by atoms with Gasteiger partial charge in [-0.1, -0.05) is 11.6 Å². The van der Waals surface area contributed by atoms with E-state index >= 15 is 0 Å². The van der Waals surface area contributed by atoms with Crippen LogP contribution < -0.4 is 10.2 Å². The van der Waals surface area contributed by atoms with Crippen LogP contribution in [0.1, 0.15) is 18.1 Å². The van der Waals surface area contributed by atoms with Gasteiger partial charge >= 0.3 is 0 Å². The summed E-state index contributed by atoms with van der Waals surface area (Å²) < 4.78 is 5.06. The average molecular weight is 310 g/mol. The summed E-state index contributed by atoms with van der Waals surface area (Å²) in [5.41, 5.74) is 1.73. The number of carbonyl (C=O) groups is 1. The first-order valence-electron chi connectivity index (χ1n) is 6.51. The maximum Gasteiger partial charge on any atom is 0.257 e. The second-order valence-corrected chi connectivity index (χ2v) is 5.08. The number of methoxy groups -OCH3 is 1. The van der Waals surface area contributed by atoms with E-state index in [4.69, 9.17) is 21.6 Å². The molecule has 112 valence electrons. The van der Waals surface area contributed by atoms with Gasteiger partial charge in [0.25, 0.3) is 5.91 Å². The van der Waals surface area contributed by atoms with Crippen LogP contribution in [0.25, 0.3) is 0 Å². The molecule has 1 aliphatic rings. The third kappa shape index (κ3) is 3.27. The Hall–Kier alpha value is -1.81. The summed E-state index contributed by atoms with van der Waals surface area (Å²) in [6.45, 7) is 1.58. The molecule has 6 nitrogen and oxygen atoms in total. The van der Waals surface area contributed by atoms with Crippen molar-refractivity contribution in [3.8, 4) is 6.07 Å². The number of rotatable bonds is 6. The molecule has 0 spiro atoms. The Morgan fingerprint density at radius 2 is 2.29 bits per heavy atom. The molecule has 0 bridgehead atoms. The van der Waals surface area contributed by atoms with E-state index in [1.165, 1.54) is 0 Å². The predicted octanol–water partition coefficient (Wildman–Crippen LogP) is 1.69. The lowest BCUT2D eigenvalue weighted by molar-refractivity contribution is -0.123. The molecule has 1 atom stereocenters. The third-order valence-electron chi connectivity index (χ3n) is 3.32. The molecule has 1 heterocycles. The fourth-order valence-electron chi connectivity index (χ4n) is 2.24. The second kappa shape index (κ2) is 6.76. The van der Waals surface area contributed by atoms with Gasteiger partial charge in [-0.05, 0) is 12.1 Å². The van der Waals surface area contributed by atoms with E-state index in [9.17, 15) is 9.90 Å². The van der Waals surface area contributed by atoms with E-state index in [1.54, 1.807) is 19.2 Å². The van der Waals surface area contributed by atoms with Gasteiger partial charge in [-0.25, -0.2) is 0 Å². The molecule has 2 N–H and O–H groups in total. The van der Waals surface area contributed by atoms with Crippen LogP contribution in [0, 0.1) is 11.3 Å². The van der Waals surface area contributed by atoms with Crippen molar-refractivity contribution in [3.63, 3.8) is 0 Å². The molecule has 0 aromatic heterocycles. The van der Waals surface area contributed by atoms with Crippen LogP contribution in [0.4, 0.5) is 11.4 Å². The maximum absolute atomic E-state index is 11.5. The molecule has 0 aliphatic carbocycles. The number of nitrogens with zero attached hydrogens (tertiary/aromatic N) is 2. The zero-order valence-corrected chi connectivity index (χ0v) is 12.4. The van der Waals surface area contributed by atoms with E-state index in [-0.39, 0.29) is 0 Å². The van der Waals surface area contributed by atoms with Crippen molar-refractivity contribution in [2.24, 2.45) is 0 Å². The smallest absolute Gasteiger partial charge is 0.257 e. The van der Waals surface area contributed by atoms with E-state index in [2.05, 4.69) is 11.4 Å². The Labute approximate surface area is 127 Å². The van der Waals surface area contributed by atoms with E-state index in [0.29, 0.717) is 48.1 Å². The van der Waals surface area contributed by atoms with Crippen LogP contribution in [0.5, 0.6) is 0 Å². The van der Waals surface area contributed by atoms with Crippen LogP contribution in [-0.4, -0.2) is 37.8 Å². The van der Waals surface area contributed by atoms with Crippen LogP contribution in [0.15, 0.2) is 12.1 Å². The number of amides is 1. The lowest BCUT2D eigenvalue weighted by Crippen LogP contribution is -2.28. The fraction of sp³-hybridized carbons (Fsp3) is 0.429. The summed E-state index contributed by atoms with van der Waals surface area (Å²) in [4.78, 5) is 13.4. The number of anilines is 2. The number of benzene rings is 1. The molecule has 0 fully saturated rings. The second-order valence-electron chi connectivity index (χ2n) is 4.67. The van der Waals surface area contributed by atoms with Crippen molar-refractivity contribution in [3.05, 3.63) is 22.7 Å². The van der Waals surface area contributed by atoms with Gasteiger partial charge in [0.15, 0.2) is 6.10 Å². The number of nitriles is 1. The highest BCUT2D eigenvalue weighted by molar-refractivity contribution is 6.33.